The number of aromatic nitrogens is 2. The summed E-state index contributed by atoms with van der Waals surface area (Å²) in [6, 6.07) is 5.72. The molecule has 110 valence electrons. The molecule has 0 N–H and O–H groups in total. The van der Waals surface area contributed by atoms with E-state index in [0.29, 0.717) is 30.3 Å². The van der Waals surface area contributed by atoms with Crippen molar-refractivity contribution in [3.05, 3.63) is 29.7 Å². The number of methoxy groups -OCH3 is 2. The molecule has 0 spiro atoms. The van der Waals surface area contributed by atoms with Crippen molar-refractivity contribution in [1.82, 2.24) is 10.1 Å². The van der Waals surface area contributed by atoms with Gasteiger partial charge in [-0.1, -0.05) is 11.2 Å². The van der Waals surface area contributed by atoms with E-state index in [1.54, 1.807) is 7.11 Å². The van der Waals surface area contributed by atoms with Crippen molar-refractivity contribution in [2.24, 2.45) is 0 Å². The monoisotopic (exact) mass is 288 g/mol. The number of rotatable bonds is 4. The number of carbonyl (C=O) groups is 1. The number of nitrogens with zero attached hydrogens (tertiary/aromatic N) is 2. The van der Waals surface area contributed by atoms with E-state index in [1.165, 1.54) is 7.11 Å². The molecule has 0 aliphatic heterocycles. The zero-order chi connectivity index (χ0) is 15.0. The van der Waals surface area contributed by atoms with Gasteiger partial charge in [-0.3, -0.25) is 4.79 Å². The molecule has 1 saturated carbocycles. The van der Waals surface area contributed by atoms with Crippen LogP contribution in [-0.2, 0) is 14.9 Å². The van der Waals surface area contributed by atoms with E-state index in [0.717, 1.165) is 11.1 Å². The van der Waals surface area contributed by atoms with Gasteiger partial charge in [-0.25, -0.2) is 0 Å². The summed E-state index contributed by atoms with van der Waals surface area (Å²) in [5, 5.41) is 3.97. The molecule has 0 amide bonds. The topological polar surface area (TPSA) is 74.5 Å². The Morgan fingerprint density at radius 2 is 2.10 bits per heavy atom. The Labute approximate surface area is 122 Å². The summed E-state index contributed by atoms with van der Waals surface area (Å²) in [6.07, 6.45) is 1.35. The Morgan fingerprint density at radius 3 is 2.71 bits per heavy atom. The summed E-state index contributed by atoms with van der Waals surface area (Å²) in [6.45, 7) is 1.98. The van der Waals surface area contributed by atoms with Crippen LogP contribution < -0.4 is 4.74 Å². The molecule has 21 heavy (non-hydrogen) atoms. The van der Waals surface area contributed by atoms with Crippen molar-refractivity contribution in [3.8, 4) is 17.1 Å². The molecule has 1 aromatic carbocycles. The van der Waals surface area contributed by atoms with Crippen molar-refractivity contribution in [2.45, 2.75) is 25.2 Å². The lowest BCUT2D eigenvalue weighted by Gasteiger charge is -2.06. The molecular weight excluding hydrogens is 272 g/mol. The number of benzene rings is 1. The minimum absolute atomic E-state index is 0.312. The second-order valence-corrected chi connectivity index (χ2v) is 5.20. The molecule has 3 rings (SSSR count). The maximum absolute atomic E-state index is 11.8. The molecule has 6 nitrogen and oxygen atoms in total. The van der Waals surface area contributed by atoms with Crippen LogP contribution >= 0.6 is 0 Å². The quantitative estimate of drug-likeness (QED) is 0.803. The first-order chi connectivity index (χ1) is 10.1. The number of esters is 1. The highest BCUT2D eigenvalue weighted by Gasteiger charge is 2.57. The molecule has 1 aliphatic rings. The SMILES string of the molecule is COC(=O)C1(c2nc(-c3ccc(C)cc3OC)no2)CC1. The van der Waals surface area contributed by atoms with Crippen LogP contribution in [0.4, 0.5) is 0 Å². The maximum atomic E-state index is 11.8. The molecule has 1 fully saturated rings. The summed E-state index contributed by atoms with van der Waals surface area (Å²) >= 11 is 0. The standard InChI is InChI=1S/C15H16N2O4/c1-9-4-5-10(11(8-9)19-2)12-16-13(21-17-12)15(6-7-15)14(18)20-3/h4-5,8H,6-7H2,1-3H3. The second kappa shape index (κ2) is 4.87. The number of aryl methyl sites for hydroxylation is 1. The summed E-state index contributed by atoms with van der Waals surface area (Å²) in [5.41, 5.74) is 1.06. The fourth-order valence-corrected chi connectivity index (χ4v) is 2.34. The Hall–Kier alpha value is -2.37. The fourth-order valence-electron chi connectivity index (χ4n) is 2.34. The van der Waals surface area contributed by atoms with E-state index >= 15 is 0 Å². The number of carbonyl (C=O) groups excluding carboxylic acids is 1. The van der Waals surface area contributed by atoms with Crippen LogP contribution in [0.5, 0.6) is 5.75 Å². The summed E-state index contributed by atoms with van der Waals surface area (Å²) in [7, 11) is 2.96. The maximum Gasteiger partial charge on any atom is 0.321 e. The van der Waals surface area contributed by atoms with Crippen LogP contribution in [-0.4, -0.2) is 30.3 Å². The van der Waals surface area contributed by atoms with E-state index in [2.05, 4.69) is 10.1 Å². The largest absolute Gasteiger partial charge is 0.496 e. The molecule has 0 radical (unpaired) electrons. The van der Waals surface area contributed by atoms with E-state index in [9.17, 15) is 4.79 Å². The van der Waals surface area contributed by atoms with Crippen LogP contribution in [0.3, 0.4) is 0 Å². The van der Waals surface area contributed by atoms with Gasteiger partial charge < -0.3 is 14.0 Å². The lowest BCUT2D eigenvalue weighted by molar-refractivity contribution is -0.144. The highest BCUT2D eigenvalue weighted by atomic mass is 16.5. The minimum atomic E-state index is -0.752. The third-order valence-corrected chi connectivity index (χ3v) is 3.76. The Morgan fingerprint density at radius 1 is 1.33 bits per heavy atom. The zero-order valence-corrected chi connectivity index (χ0v) is 12.2. The van der Waals surface area contributed by atoms with Crippen molar-refractivity contribution in [3.63, 3.8) is 0 Å². The molecule has 1 aromatic heterocycles. The minimum Gasteiger partial charge on any atom is -0.496 e. The summed E-state index contributed by atoms with van der Waals surface area (Å²) < 4.78 is 15.4. The Bertz CT molecular complexity index is 689. The lowest BCUT2D eigenvalue weighted by atomic mass is 10.1. The first-order valence-corrected chi connectivity index (χ1v) is 6.68. The average Bonchev–Trinajstić information content (AvgIpc) is 3.17. The third kappa shape index (κ3) is 2.16. The first kappa shape index (κ1) is 13.6. The van der Waals surface area contributed by atoms with Crippen LogP contribution in [0, 0.1) is 6.92 Å². The highest BCUT2D eigenvalue weighted by Crippen LogP contribution is 2.48. The van der Waals surface area contributed by atoms with E-state index in [4.69, 9.17) is 14.0 Å². The molecule has 0 bridgehead atoms. The zero-order valence-electron chi connectivity index (χ0n) is 12.2. The number of ether oxygens (including phenoxy) is 2. The van der Waals surface area contributed by atoms with Gasteiger partial charge in [-0.15, -0.1) is 0 Å². The predicted molar refractivity (Wildman–Crippen MR) is 74.0 cm³/mol. The second-order valence-electron chi connectivity index (χ2n) is 5.20. The van der Waals surface area contributed by atoms with Crippen LogP contribution in [0.15, 0.2) is 22.7 Å². The average molecular weight is 288 g/mol. The van der Waals surface area contributed by atoms with Crippen molar-refractivity contribution in [2.75, 3.05) is 14.2 Å². The fraction of sp³-hybridized carbons (Fsp3) is 0.400. The van der Waals surface area contributed by atoms with E-state index in [-0.39, 0.29) is 5.97 Å². The van der Waals surface area contributed by atoms with Gasteiger partial charge in [0.25, 0.3) is 0 Å². The molecule has 0 unspecified atom stereocenters. The van der Waals surface area contributed by atoms with Crippen molar-refractivity contribution >= 4 is 5.97 Å². The van der Waals surface area contributed by atoms with Gasteiger partial charge in [-0.05, 0) is 37.5 Å². The predicted octanol–water partition coefficient (Wildman–Crippen LogP) is 2.26. The van der Waals surface area contributed by atoms with Gasteiger partial charge in [-0.2, -0.15) is 4.98 Å². The van der Waals surface area contributed by atoms with Gasteiger partial charge in [0.2, 0.25) is 11.7 Å². The Kier molecular flexibility index (Phi) is 3.16. The van der Waals surface area contributed by atoms with E-state index in [1.807, 2.05) is 25.1 Å². The van der Waals surface area contributed by atoms with Crippen molar-refractivity contribution < 1.29 is 18.8 Å². The van der Waals surface area contributed by atoms with Crippen LogP contribution in [0.1, 0.15) is 24.3 Å². The van der Waals surface area contributed by atoms with Crippen LogP contribution in [0.2, 0.25) is 0 Å². The Balaban J connectivity index is 1.98. The number of hydrogen-bond donors (Lipinski definition) is 0. The molecule has 2 aromatic rings. The van der Waals surface area contributed by atoms with E-state index < -0.39 is 5.41 Å². The molecule has 0 saturated heterocycles. The van der Waals surface area contributed by atoms with Gasteiger partial charge in [0.1, 0.15) is 11.2 Å². The highest BCUT2D eigenvalue weighted by molar-refractivity contribution is 5.85. The van der Waals surface area contributed by atoms with Crippen molar-refractivity contribution in [1.29, 1.82) is 0 Å². The summed E-state index contributed by atoms with van der Waals surface area (Å²) in [5.74, 6) is 1.07. The molecule has 1 heterocycles. The molecule has 6 heteroatoms. The first-order valence-electron chi connectivity index (χ1n) is 6.68. The van der Waals surface area contributed by atoms with Crippen LogP contribution in [0.25, 0.3) is 11.4 Å². The van der Waals surface area contributed by atoms with Gasteiger partial charge in [0.05, 0.1) is 19.8 Å². The third-order valence-electron chi connectivity index (χ3n) is 3.76. The van der Waals surface area contributed by atoms with Gasteiger partial charge in [0, 0.05) is 0 Å². The van der Waals surface area contributed by atoms with Gasteiger partial charge >= 0.3 is 5.97 Å². The molecule has 0 atom stereocenters. The summed E-state index contributed by atoms with van der Waals surface area (Å²) in [4.78, 5) is 16.2. The normalized spacial score (nSPS) is 15.6. The number of hydrogen-bond acceptors (Lipinski definition) is 6. The lowest BCUT2D eigenvalue weighted by Crippen LogP contribution is -2.22. The molecule has 1 aliphatic carbocycles. The molecular formula is C15H16N2O4. The van der Waals surface area contributed by atoms with Gasteiger partial charge in [0.15, 0.2) is 0 Å². The smallest absolute Gasteiger partial charge is 0.321 e.